The number of anilines is 1. The predicted molar refractivity (Wildman–Crippen MR) is 110 cm³/mol. The topological polar surface area (TPSA) is 18.5 Å². The van der Waals surface area contributed by atoms with Crippen LogP contribution in [-0.4, -0.2) is 41.1 Å². The van der Waals surface area contributed by atoms with Crippen LogP contribution in [0.1, 0.15) is 22.3 Å². The molecule has 0 aromatic heterocycles. The predicted octanol–water partition coefficient (Wildman–Crippen LogP) is 4.13. The number of benzene rings is 2. The van der Waals surface area contributed by atoms with E-state index in [1.165, 1.54) is 22.3 Å². The van der Waals surface area contributed by atoms with Crippen molar-refractivity contribution < 1.29 is 0 Å². The lowest BCUT2D eigenvalue weighted by molar-refractivity contribution is 0.177. The summed E-state index contributed by atoms with van der Waals surface area (Å²) in [6.07, 6.45) is 0. The number of nitrogens with one attached hydrogen (secondary N) is 1. The van der Waals surface area contributed by atoms with Gasteiger partial charge in [0.05, 0.1) is 0 Å². The fraction of sp³-hybridized carbons (Fsp3) is 0.381. The van der Waals surface area contributed by atoms with Crippen molar-refractivity contribution in [2.75, 3.05) is 31.5 Å². The second-order valence-corrected chi connectivity index (χ2v) is 7.39. The average Bonchev–Trinajstić information content (AvgIpc) is 2.58. The molecule has 1 aliphatic rings. The molecule has 0 amide bonds. The zero-order valence-corrected chi connectivity index (χ0v) is 16.2. The van der Waals surface area contributed by atoms with Crippen molar-refractivity contribution in [1.29, 1.82) is 0 Å². The Kier molecular flexibility index (Phi) is 5.71. The first-order valence-corrected chi connectivity index (χ1v) is 9.33. The van der Waals surface area contributed by atoms with Crippen LogP contribution in [0.4, 0.5) is 5.69 Å². The van der Waals surface area contributed by atoms with Crippen molar-refractivity contribution in [1.82, 2.24) is 9.80 Å². The largest absolute Gasteiger partial charge is 0.346 e. The third kappa shape index (κ3) is 4.80. The molecule has 0 radical (unpaired) electrons. The summed E-state index contributed by atoms with van der Waals surface area (Å²) in [4.78, 5) is 4.78. The summed E-state index contributed by atoms with van der Waals surface area (Å²) in [5.41, 5.74) is 6.34. The third-order valence-corrected chi connectivity index (χ3v) is 5.13. The summed E-state index contributed by atoms with van der Waals surface area (Å²) in [5, 5.41) is 4.25. The van der Waals surface area contributed by atoms with Crippen molar-refractivity contribution in [3.05, 3.63) is 64.7 Å². The molecule has 25 heavy (non-hydrogen) atoms. The maximum atomic E-state index is 5.63. The number of rotatable bonds is 3. The van der Waals surface area contributed by atoms with E-state index >= 15 is 0 Å². The lowest BCUT2D eigenvalue weighted by atomic mass is 10.1. The molecule has 1 saturated heterocycles. The zero-order chi connectivity index (χ0) is 17.8. The van der Waals surface area contributed by atoms with E-state index in [9.17, 15) is 0 Å². The smallest absolute Gasteiger partial charge is 0.173 e. The number of thiocarbonyl (C=S) groups is 1. The maximum absolute atomic E-state index is 5.63. The molecule has 1 fully saturated rings. The minimum absolute atomic E-state index is 0.835. The first-order chi connectivity index (χ1) is 12.0. The molecule has 1 N–H and O–H groups in total. The van der Waals surface area contributed by atoms with Crippen LogP contribution < -0.4 is 5.32 Å². The number of hydrogen-bond donors (Lipinski definition) is 1. The first kappa shape index (κ1) is 17.9. The van der Waals surface area contributed by atoms with Gasteiger partial charge in [0.2, 0.25) is 0 Å². The monoisotopic (exact) mass is 353 g/mol. The van der Waals surface area contributed by atoms with Gasteiger partial charge < -0.3 is 10.2 Å². The van der Waals surface area contributed by atoms with Crippen molar-refractivity contribution in [2.45, 2.75) is 27.3 Å². The first-order valence-electron chi connectivity index (χ1n) is 8.92. The van der Waals surface area contributed by atoms with Crippen LogP contribution in [-0.2, 0) is 6.54 Å². The third-order valence-electron chi connectivity index (χ3n) is 4.77. The Morgan fingerprint density at radius 1 is 0.960 bits per heavy atom. The highest BCUT2D eigenvalue weighted by molar-refractivity contribution is 7.80. The van der Waals surface area contributed by atoms with Gasteiger partial charge in [0.15, 0.2) is 5.11 Å². The molecule has 2 aromatic rings. The van der Waals surface area contributed by atoms with Gasteiger partial charge >= 0.3 is 0 Å². The molecule has 0 bridgehead atoms. The Balaban J connectivity index is 1.52. The van der Waals surface area contributed by atoms with Crippen molar-refractivity contribution in [2.24, 2.45) is 0 Å². The highest BCUT2D eigenvalue weighted by Crippen LogP contribution is 2.17. The van der Waals surface area contributed by atoms with Gasteiger partial charge in [0, 0.05) is 38.4 Å². The molecule has 0 aliphatic carbocycles. The van der Waals surface area contributed by atoms with Crippen LogP contribution in [0.2, 0.25) is 0 Å². The van der Waals surface area contributed by atoms with Crippen LogP contribution >= 0.6 is 12.2 Å². The second-order valence-electron chi connectivity index (χ2n) is 7.00. The Morgan fingerprint density at radius 3 is 2.36 bits per heavy atom. The maximum Gasteiger partial charge on any atom is 0.173 e. The van der Waals surface area contributed by atoms with Crippen molar-refractivity contribution in [3.63, 3.8) is 0 Å². The SMILES string of the molecule is Cc1cccc(CN2CCN(C(=S)Nc3ccc(C)cc3C)CC2)c1. The van der Waals surface area contributed by atoms with Crippen molar-refractivity contribution in [3.8, 4) is 0 Å². The van der Waals surface area contributed by atoms with Gasteiger partial charge in [-0.3, -0.25) is 4.90 Å². The minimum atomic E-state index is 0.835. The highest BCUT2D eigenvalue weighted by Gasteiger charge is 2.19. The lowest BCUT2D eigenvalue weighted by Crippen LogP contribution is -2.49. The molecule has 132 valence electrons. The minimum Gasteiger partial charge on any atom is -0.346 e. The zero-order valence-electron chi connectivity index (χ0n) is 15.4. The Bertz CT molecular complexity index is 749. The van der Waals surface area contributed by atoms with E-state index in [-0.39, 0.29) is 0 Å². The van der Waals surface area contributed by atoms with Gasteiger partial charge in [0.1, 0.15) is 0 Å². The van der Waals surface area contributed by atoms with Crippen LogP contribution in [0.3, 0.4) is 0 Å². The molecule has 0 atom stereocenters. The fourth-order valence-electron chi connectivity index (χ4n) is 3.33. The second kappa shape index (κ2) is 7.98. The molecule has 0 unspecified atom stereocenters. The average molecular weight is 354 g/mol. The summed E-state index contributed by atoms with van der Waals surface area (Å²) in [6.45, 7) is 11.4. The van der Waals surface area contributed by atoms with Crippen molar-refractivity contribution >= 4 is 23.0 Å². The van der Waals surface area contributed by atoms with Gasteiger partial charge in [-0.25, -0.2) is 0 Å². The number of hydrogen-bond acceptors (Lipinski definition) is 2. The van der Waals surface area contributed by atoms with E-state index in [4.69, 9.17) is 12.2 Å². The van der Waals surface area contributed by atoms with Gasteiger partial charge in [-0.15, -0.1) is 0 Å². The molecule has 1 heterocycles. The summed E-state index contributed by atoms with van der Waals surface area (Å²) in [7, 11) is 0. The molecule has 3 nitrogen and oxygen atoms in total. The van der Waals surface area contributed by atoms with Gasteiger partial charge in [-0.05, 0) is 50.2 Å². The number of nitrogens with zero attached hydrogens (tertiary/aromatic N) is 2. The number of aryl methyl sites for hydroxylation is 3. The number of piperazine rings is 1. The Labute approximate surface area is 156 Å². The van der Waals surface area contributed by atoms with E-state index in [1.54, 1.807) is 0 Å². The van der Waals surface area contributed by atoms with Gasteiger partial charge in [-0.2, -0.15) is 0 Å². The Hall–Kier alpha value is -1.91. The molecule has 3 rings (SSSR count). The summed E-state index contributed by atoms with van der Waals surface area (Å²) >= 11 is 5.63. The summed E-state index contributed by atoms with van der Waals surface area (Å²) < 4.78 is 0. The highest BCUT2D eigenvalue weighted by atomic mass is 32.1. The Morgan fingerprint density at radius 2 is 1.68 bits per heavy atom. The van der Waals surface area contributed by atoms with E-state index in [2.05, 4.69) is 78.4 Å². The van der Waals surface area contributed by atoms with Crippen LogP contribution in [0.5, 0.6) is 0 Å². The molecule has 2 aromatic carbocycles. The molecular formula is C21H27N3S. The van der Waals surface area contributed by atoms with Gasteiger partial charge in [0.25, 0.3) is 0 Å². The standard InChI is InChI=1S/C21H27N3S/c1-16-5-4-6-19(14-16)15-23-9-11-24(12-10-23)21(25)22-20-8-7-17(2)13-18(20)3/h4-8,13-14H,9-12,15H2,1-3H3,(H,22,25). The summed E-state index contributed by atoms with van der Waals surface area (Å²) in [5.74, 6) is 0. The van der Waals surface area contributed by atoms with Gasteiger partial charge in [-0.1, -0.05) is 47.5 Å². The lowest BCUT2D eigenvalue weighted by Gasteiger charge is -2.36. The summed E-state index contributed by atoms with van der Waals surface area (Å²) in [6, 6.07) is 15.2. The quantitative estimate of drug-likeness (QED) is 0.836. The molecule has 0 spiro atoms. The van der Waals surface area contributed by atoms with Crippen LogP contribution in [0.15, 0.2) is 42.5 Å². The van der Waals surface area contributed by atoms with E-state index in [0.29, 0.717) is 0 Å². The molecule has 1 aliphatic heterocycles. The normalized spacial score (nSPS) is 15.2. The van der Waals surface area contributed by atoms with E-state index in [1.807, 2.05) is 0 Å². The van der Waals surface area contributed by atoms with E-state index < -0.39 is 0 Å². The molecular weight excluding hydrogens is 326 g/mol. The van der Waals surface area contributed by atoms with Crippen LogP contribution in [0.25, 0.3) is 0 Å². The molecule has 0 saturated carbocycles. The molecule has 4 heteroatoms. The van der Waals surface area contributed by atoms with E-state index in [0.717, 1.165) is 43.5 Å². The van der Waals surface area contributed by atoms with Crippen LogP contribution in [0, 0.1) is 20.8 Å². The fourth-order valence-corrected chi connectivity index (χ4v) is 3.62.